The van der Waals surface area contributed by atoms with Crippen molar-refractivity contribution in [3.05, 3.63) is 24.1 Å². The van der Waals surface area contributed by atoms with E-state index in [1.165, 1.54) is 6.07 Å². The molecule has 0 aliphatic carbocycles. The molecule has 24 heavy (non-hydrogen) atoms. The number of pyridine rings is 1. The second-order valence-corrected chi connectivity index (χ2v) is 5.30. The van der Waals surface area contributed by atoms with E-state index in [4.69, 9.17) is 19.1 Å². The first-order valence-corrected chi connectivity index (χ1v) is 8.11. The van der Waals surface area contributed by atoms with Gasteiger partial charge in [-0.25, -0.2) is 4.79 Å². The van der Waals surface area contributed by atoms with E-state index in [-0.39, 0.29) is 5.76 Å². The van der Waals surface area contributed by atoms with Gasteiger partial charge in [0.15, 0.2) is 11.5 Å². The van der Waals surface area contributed by atoms with Gasteiger partial charge in [0, 0.05) is 12.1 Å². The van der Waals surface area contributed by atoms with Gasteiger partial charge in [0.2, 0.25) is 5.76 Å². The third kappa shape index (κ3) is 4.71. The van der Waals surface area contributed by atoms with Gasteiger partial charge in [-0.05, 0) is 12.8 Å². The number of unbranched alkanes of at least 4 members (excludes halogenated alkanes) is 2. The van der Waals surface area contributed by atoms with Crippen molar-refractivity contribution in [2.75, 3.05) is 13.2 Å². The molecule has 0 amide bonds. The summed E-state index contributed by atoms with van der Waals surface area (Å²) in [4.78, 5) is 15.2. The van der Waals surface area contributed by atoms with Gasteiger partial charge in [0.1, 0.15) is 5.69 Å². The Morgan fingerprint density at radius 1 is 1.08 bits per heavy atom. The molecule has 0 fully saturated rings. The number of rotatable bonds is 10. The lowest BCUT2D eigenvalue weighted by molar-refractivity contribution is 0.0652. The summed E-state index contributed by atoms with van der Waals surface area (Å²) in [5.41, 5.74) is 0.813. The van der Waals surface area contributed by atoms with Gasteiger partial charge in [0.25, 0.3) is 0 Å². The predicted octanol–water partition coefficient (Wildman–Crippen LogP) is 3.79. The molecule has 130 valence electrons. The molecule has 0 spiro atoms. The maximum atomic E-state index is 10.9. The molecule has 7 nitrogen and oxygen atoms in total. The molecule has 0 aliphatic rings. The normalized spacial score (nSPS) is 10.6. The summed E-state index contributed by atoms with van der Waals surface area (Å²) in [7, 11) is 0. The molecule has 2 rings (SSSR count). The van der Waals surface area contributed by atoms with Crippen molar-refractivity contribution >= 4 is 5.97 Å². The number of hydrogen-bond donors (Lipinski definition) is 1. The summed E-state index contributed by atoms with van der Waals surface area (Å²) in [6, 6.07) is 3.03. The minimum Gasteiger partial charge on any atom is -0.490 e. The van der Waals surface area contributed by atoms with E-state index in [1.54, 1.807) is 12.3 Å². The van der Waals surface area contributed by atoms with Crippen LogP contribution in [0.1, 0.15) is 50.1 Å². The van der Waals surface area contributed by atoms with E-state index in [1.807, 2.05) is 0 Å². The Labute approximate surface area is 140 Å². The Kier molecular flexibility index (Phi) is 6.60. The smallest absolute Gasteiger partial charge is 0.374 e. The number of carboxylic acid groups (broad SMARTS) is 1. The Bertz CT molecular complexity index is 669. The maximum Gasteiger partial charge on any atom is 0.374 e. The number of hydrogen-bond acceptors (Lipinski definition) is 6. The SMILES string of the molecule is CCCCOc1cnc(-c2cc(C(=O)O)on2)cc1OCCCC. The lowest BCUT2D eigenvalue weighted by Crippen LogP contribution is -2.03. The molecule has 0 aliphatic heterocycles. The number of carboxylic acids is 1. The molecular weight excluding hydrogens is 312 g/mol. The second-order valence-electron chi connectivity index (χ2n) is 5.30. The van der Waals surface area contributed by atoms with Gasteiger partial charge in [-0.15, -0.1) is 0 Å². The highest BCUT2D eigenvalue weighted by atomic mass is 16.5. The molecule has 2 aromatic rings. The lowest BCUT2D eigenvalue weighted by Gasteiger charge is -2.13. The summed E-state index contributed by atoms with van der Waals surface area (Å²) >= 11 is 0. The molecule has 2 heterocycles. The molecule has 0 saturated carbocycles. The number of aromatic nitrogens is 2. The van der Waals surface area contributed by atoms with Crippen molar-refractivity contribution in [3.8, 4) is 22.9 Å². The third-order valence-corrected chi connectivity index (χ3v) is 3.33. The topological polar surface area (TPSA) is 94.7 Å². The molecular formula is C17H22N2O5. The van der Waals surface area contributed by atoms with Crippen molar-refractivity contribution in [2.24, 2.45) is 0 Å². The van der Waals surface area contributed by atoms with Crippen LogP contribution in [0.3, 0.4) is 0 Å². The fraction of sp³-hybridized carbons (Fsp3) is 0.471. The number of aromatic carboxylic acids is 1. The van der Waals surface area contributed by atoms with E-state index in [2.05, 4.69) is 24.0 Å². The third-order valence-electron chi connectivity index (χ3n) is 3.33. The van der Waals surface area contributed by atoms with Gasteiger partial charge < -0.3 is 19.1 Å². The first-order valence-electron chi connectivity index (χ1n) is 8.11. The van der Waals surface area contributed by atoms with Crippen LogP contribution >= 0.6 is 0 Å². The highest BCUT2D eigenvalue weighted by Gasteiger charge is 2.16. The van der Waals surface area contributed by atoms with Crippen LogP contribution in [0.5, 0.6) is 11.5 Å². The zero-order chi connectivity index (χ0) is 17.4. The van der Waals surface area contributed by atoms with E-state index in [0.717, 1.165) is 25.7 Å². The molecule has 0 radical (unpaired) electrons. The van der Waals surface area contributed by atoms with E-state index >= 15 is 0 Å². The Balaban J connectivity index is 2.22. The zero-order valence-electron chi connectivity index (χ0n) is 13.9. The number of nitrogens with zero attached hydrogens (tertiary/aromatic N) is 2. The Morgan fingerprint density at radius 3 is 2.33 bits per heavy atom. The van der Waals surface area contributed by atoms with Crippen molar-refractivity contribution < 1.29 is 23.9 Å². The van der Waals surface area contributed by atoms with Gasteiger partial charge in [-0.1, -0.05) is 31.8 Å². The first-order chi connectivity index (χ1) is 11.7. The molecule has 0 aromatic carbocycles. The van der Waals surface area contributed by atoms with Crippen LogP contribution in [0, 0.1) is 0 Å². The Morgan fingerprint density at radius 2 is 1.75 bits per heavy atom. The summed E-state index contributed by atoms with van der Waals surface area (Å²) < 4.78 is 16.3. The standard InChI is InChI=1S/C17H22N2O5/c1-3-5-7-22-14-9-12(13-10-15(17(20)21)24-19-13)18-11-16(14)23-8-6-4-2/h9-11H,3-8H2,1-2H3,(H,20,21). The van der Waals surface area contributed by atoms with E-state index in [0.29, 0.717) is 36.1 Å². The molecule has 0 saturated heterocycles. The fourth-order valence-corrected chi connectivity index (χ4v) is 1.94. The fourth-order valence-electron chi connectivity index (χ4n) is 1.94. The lowest BCUT2D eigenvalue weighted by atomic mass is 10.2. The largest absolute Gasteiger partial charge is 0.490 e. The van der Waals surface area contributed by atoms with Crippen LogP contribution in [-0.2, 0) is 0 Å². The van der Waals surface area contributed by atoms with Gasteiger partial charge >= 0.3 is 5.97 Å². The van der Waals surface area contributed by atoms with E-state index < -0.39 is 5.97 Å². The average Bonchev–Trinajstić information content (AvgIpc) is 3.07. The quantitative estimate of drug-likeness (QED) is 0.660. The van der Waals surface area contributed by atoms with Gasteiger partial charge in [-0.2, -0.15) is 0 Å². The van der Waals surface area contributed by atoms with Crippen molar-refractivity contribution in [1.82, 2.24) is 10.1 Å². The maximum absolute atomic E-state index is 10.9. The molecule has 1 N–H and O–H groups in total. The van der Waals surface area contributed by atoms with Crippen LogP contribution in [0.4, 0.5) is 0 Å². The van der Waals surface area contributed by atoms with Crippen LogP contribution in [-0.4, -0.2) is 34.4 Å². The minimum absolute atomic E-state index is 0.233. The molecule has 0 atom stereocenters. The molecule has 7 heteroatoms. The summed E-state index contributed by atoms with van der Waals surface area (Å²) in [5.74, 6) is -0.258. The zero-order valence-corrected chi connectivity index (χ0v) is 13.9. The summed E-state index contributed by atoms with van der Waals surface area (Å²) in [5, 5.41) is 12.6. The highest BCUT2D eigenvalue weighted by Crippen LogP contribution is 2.31. The van der Waals surface area contributed by atoms with Gasteiger partial charge in [-0.3, -0.25) is 4.98 Å². The van der Waals surface area contributed by atoms with Gasteiger partial charge in [0.05, 0.1) is 25.1 Å². The van der Waals surface area contributed by atoms with Crippen molar-refractivity contribution in [2.45, 2.75) is 39.5 Å². The van der Waals surface area contributed by atoms with Crippen molar-refractivity contribution in [3.63, 3.8) is 0 Å². The first kappa shape index (κ1) is 17.8. The summed E-state index contributed by atoms with van der Waals surface area (Å²) in [6.45, 7) is 5.34. The number of ether oxygens (including phenoxy) is 2. The van der Waals surface area contributed by atoms with Crippen LogP contribution < -0.4 is 9.47 Å². The van der Waals surface area contributed by atoms with Crippen LogP contribution in [0.2, 0.25) is 0 Å². The monoisotopic (exact) mass is 334 g/mol. The van der Waals surface area contributed by atoms with Crippen LogP contribution in [0.15, 0.2) is 22.9 Å². The Hall–Kier alpha value is -2.57. The average molecular weight is 334 g/mol. The summed E-state index contributed by atoms with van der Waals surface area (Å²) in [6.07, 6.45) is 5.51. The second kappa shape index (κ2) is 8.90. The molecule has 2 aromatic heterocycles. The highest BCUT2D eigenvalue weighted by molar-refractivity contribution is 5.85. The molecule has 0 bridgehead atoms. The van der Waals surface area contributed by atoms with Crippen molar-refractivity contribution in [1.29, 1.82) is 0 Å². The van der Waals surface area contributed by atoms with Crippen LogP contribution in [0.25, 0.3) is 11.4 Å². The number of carbonyl (C=O) groups is 1. The van der Waals surface area contributed by atoms with E-state index in [9.17, 15) is 4.79 Å². The predicted molar refractivity (Wildman–Crippen MR) is 87.5 cm³/mol. The molecule has 0 unspecified atom stereocenters. The minimum atomic E-state index is -1.17.